The van der Waals surface area contributed by atoms with E-state index in [4.69, 9.17) is 9.47 Å². The summed E-state index contributed by atoms with van der Waals surface area (Å²) in [6.45, 7) is 5.59. The van der Waals surface area contributed by atoms with Gasteiger partial charge in [-0.1, -0.05) is 0 Å². The molecule has 1 atom stereocenters. The largest absolute Gasteiger partial charge is 0.493 e. The molecule has 1 aromatic carbocycles. The number of hydrogen-bond acceptors (Lipinski definition) is 3. The molecule has 19 heavy (non-hydrogen) atoms. The first kappa shape index (κ1) is 14.1. The summed E-state index contributed by atoms with van der Waals surface area (Å²) in [5, 5.41) is 0. The molecule has 0 aliphatic carbocycles. The molecule has 1 heterocycles. The number of aldehydes is 1. The van der Waals surface area contributed by atoms with Gasteiger partial charge in [-0.15, -0.1) is 0 Å². The fourth-order valence-electron chi connectivity index (χ4n) is 2.64. The van der Waals surface area contributed by atoms with Gasteiger partial charge in [-0.3, -0.25) is 4.79 Å². The van der Waals surface area contributed by atoms with Crippen molar-refractivity contribution in [1.82, 2.24) is 0 Å². The minimum absolute atomic E-state index is 0.434. The fourth-order valence-corrected chi connectivity index (χ4v) is 2.64. The third kappa shape index (κ3) is 3.80. The van der Waals surface area contributed by atoms with Crippen molar-refractivity contribution in [1.29, 1.82) is 0 Å². The molecule has 3 nitrogen and oxygen atoms in total. The second-order valence-corrected chi connectivity index (χ2v) is 5.23. The molecule has 2 rings (SSSR count). The Balaban J connectivity index is 1.83. The summed E-state index contributed by atoms with van der Waals surface area (Å²) in [4.78, 5) is 10.8. The summed E-state index contributed by atoms with van der Waals surface area (Å²) in [7, 11) is 0. The van der Waals surface area contributed by atoms with Gasteiger partial charge in [-0.25, -0.2) is 0 Å². The molecule has 0 amide bonds. The Morgan fingerprint density at radius 2 is 2.11 bits per heavy atom. The predicted octanol–water partition coefficient (Wildman–Crippen LogP) is 3.45. The van der Waals surface area contributed by atoms with Gasteiger partial charge < -0.3 is 9.47 Å². The van der Waals surface area contributed by atoms with Crippen LogP contribution in [0.1, 0.15) is 47.2 Å². The van der Waals surface area contributed by atoms with Crippen molar-refractivity contribution in [3.8, 4) is 5.75 Å². The van der Waals surface area contributed by atoms with Crippen molar-refractivity contribution >= 4 is 6.29 Å². The van der Waals surface area contributed by atoms with Gasteiger partial charge in [0.05, 0.1) is 12.7 Å². The highest BCUT2D eigenvalue weighted by Crippen LogP contribution is 2.25. The van der Waals surface area contributed by atoms with E-state index < -0.39 is 0 Å². The SMILES string of the molecule is Cc1cc(C=O)cc(C)c1OCCCC1CCCO1. The molecular formula is C16H22O3. The van der Waals surface area contributed by atoms with Crippen LogP contribution in [0.25, 0.3) is 0 Å². The average molecular weight is 262 g/mol. The van der Waals surface area contributed by atoms with Crippen LogP contribution in [0.15, 0.2) is 12.1 Å². The number of carbonyl (C=O) groups is 1. The van der Waals surface area contributed by atoms with Crippen molar-refractivity contribution in [2.75, 3.05) is 13.2 Å². The lowest BCUT2D eigenvalue weighted by atomic mass is 10.1. The smallest absolute Gasteiger partial charge is 0.150 e. The summed E-state index contributed by atoms with van der Waals surface area (Å²) in [5.41, 5.74) is 2.76. The molecule has 0 aromatic heterocycles. The molecule has 1 saturated heterocycles. The Morgan fingerprint density at radius 3 is 2.68 bits per heavy atom. The van der Waals surface area contributed by atoms with Crippen molar-refractivity contribution < 1.29 is 14.3 Å². The summed E-state index contributed by atoms with van der Waals surface area (Å²) < 4.78 is 11.4. The maximum atomic E-state index is 10.8. The van der Waals surface area contributed by atoms with E-state index in [9.17, 15) is 4.79 Å². The van der Waals surface area contributed by atoms with Gasteiger partial charge in [0.1, 0.15) is 12.0 Å². The molecule has 0 saturated carbocycles. The van der Waals surface area contributed by atoms with Gasteiger partial charge in [0, 0.05) is 12.2 Å². The van der Waals surface area contributed by atoms with E-state index in [0.29, 0.717) is 18.3 Å². The second kappa shape index (κ2) is 6.71. The molecule has 1 unspecified atom stereocenters. The third-order valence-corrected chi connectivity index (χ3v) is 3.56. The van der Waals surface area contributed by atoms with E-state index in [-0.39, 0.29) is 0 Å². The van der Waals surface area contributed by atoms with E-state index in [1.165, 1.54) is 12.8 Å². The van der Waals surface area contributed by atoms with Crippen molar-refractivity contribution in [3.05, 3.63) is 28.8 Å². The van der Waals surface area contributed by atoms with E-state index in [1.807, 2.05) is 26.0 Å². The number of rotatable bonds is 6. The van der Waals surface area contributed by atoms with Crippen molar-refractivity contribution in [3.63, 3.8) is 0 Å². The molecule has 1 fully saturated rings. The fraction of sp³-hybridized carbons (Fsp3) is 0.562. The van der Waals surface area contributed by atoms with Crippen LogP contribution in [0, 0.1) is 13.8 Å². The van der Waals surface area contributed by atoms with Crippen molar-refractivity contribution in [2.24, 2.45) is 0 Å². The molecular weight excluding hydrogens is 240 g/mol. The molecule has 0 bridgehead atoms. The van der Waals surface area contributed by atoms with Crippen LogP contribution in [0.3, 0.4) is 0 Å². The number of carbonyl (C=O) groups excluding carboxylic acids is 1. The Kier molecular flexibility index (Phi) is 4.97. The third-order valence-electron chi connectivity index (χ3n) is 3.56. The topological polar surface area (TPSA) is 35.5 Å². The maximum Gasteiger partial charge on any atom is 0.150 e. The van der Waals surface area contributed by atoms with Gasteiger partial charge in [0.15, 0.2) is 0 Å². The average Bonchev–Trinajstić information content (AvgIpc) is 2.89. The van der Waals surface area contributed by atoms with E-state index >= 15 is 0 Å². The predicted molar refractivity (Wildman–Crippen MR) is 75.0 cm³/mol. The number of ether oxygens (including phenoxy) is 2. The minimum Gasteiger partial charge on any atom is -0.493 e. The van der Waals surface area contributed by atoms with Gasteiger partial charge in [0.2, 0.25) is 0 Å². The van der Waals surface area contributed by atoms with Crippen LogP contribution < -0.4 is 4.74 Å². The number of aryl methyl sites for hydroxylation is 2. The van der Waals surface area contributed by atoms with E-state index in [2.05, 4.69) is 0 Å². The molecule has 1 aromatic rings. The lowest BCUT2D eigenvalue weighted by Gasteiger charge is -2.14. The first-order valence-corrected chi connectivity index (χ1v) is 7.01. The standard InChI is InChI=1S/C16H22O3/c1-12-9-14(11-17)10-13(2)16(12)19-8-4-6-15-5-3-7-18-15/h9-11,15H,3-8H2,1-2H3. The quantitative estimate of drug-likeness (QED) is 0.582. The maximum absolute atomic E-state index is 10.8. The second-order valence-electron chi connectivity index (χ2n) is 5.23. The lowest BCUT2D eigenvalue weighted by Crippen LogP contribution is -2.08. The molecule has 0 N–H and O–H groups in total. The molecule has 0 radical (unpaired) electrons. The van der Waals surface area contributed by atoms with Crippen LogP contribution in [-0.4, -0.2) is 25.6 Å². The number of benzene rings is 1. The molecule has 104 valence electrons. The highest BCUT2D eigenvalue weighted by molar-refractivity contribution is 5.76. The highest BCUT2D eigenvalue weighted by atomic mass is 16.5. The summed E-state index contributed by atoms with van der Waals surface area (Å²) >= 11 is 0. The van der Waals surface area contributed by atoms with Crippen LogP contribution in [-0.2, 0) is 4.74 Å². The zero-order valence-corrected chi connectivity index (χ0v) is 11.8. The van der Waals surface area contributed by atoms with Gasteiger partial charge in [0.25, 0.3) is 0 Å². The monoisotopic (exact) mass is 262 g/mol. The zero-order valence-electron chi connectivity index (χ0n) is 11.8. The molecule has 1 aliphatic rings. The molecule has 0 spiro atoms. The Morgan fingerprint density at radius 1 is 1.37 bits per heavy atom. The minimum atomic E-state index is 0.434. The first-order valence-electron chi connectivity index (χ1n) is 7.01. The molecule has 1 aliphatic heterocycles. The Hall–Kier alpha value is -1.35. The first-order chi connectivity index (χ1) is 9.20. The van der Waals surface area contributed by atoms with Gasteiger partial charge in [-0.2, -0.15) is 0 Å². The van der Waals surface area contributed by atoms with E-state index in [0.717, 1.165) is 42.6 Å². The van der Waals surface area contributed by atoms with Crippen LogP contribution in [0.2, 0.25) is 0 Å². The van der Waals surface area contributed by atoms with Gasteiger partial charge in [-0.05, 0) is 62.8 Å². The Labute approximate surface area is 114 Å². The Bertz CT molecular complexity index is 411. The number of hydrogen-bond donors (Lipinski definition) is 0. The highest BCUT2D eigenvalue weighted by Gasteiger charge is 2.14. The van der Waals surface area contributed by atoms with Crippen LogP contribution >= 0.6 is 0 Å². The van der Waals surface area contributed by atoms with Crippen LogP contribution in [0.4, 0.5) is 0 Å². The normalized spacial score (nSPS) is 18.5. The summed E-state index contributed by atoms with van der Waals surface area (Å²) in [6.07, 6.45) is 5.77. The zero-order chi connectivity index (χ0) is 13.7. The molecule has 3 heteroatoms. The van der Waals surface area contributed by atoms with Gasteiger partial charge >= 0.3 is 0 Å². The summed E-state index contributed by atoms with van der Waals surface area (Å²) in [5.74, 6) is 0.915. The van der Waals surface area contributed by atoms with Crippen molar-refractivity contribution in [2.45, 2.75) is 45.6 Å². The van der Waals surface area contributed by atoms with E-state index in [1.54, 1.807) is 0 Å². The van der Waals surface area contributed by atoms with Crippen LogP contribution in [0.5, 0.6) is 5.75 Å². The summed E-state index contributed by atoms with van der Waals surface area (Å²) in [6, 6.07) is 3.74. The lowest BCUT2D eigenvalue weighted by molar-refractivity contribution is 0.0980.